The molecule has 0 bridgehead atoms. The van der Waals surface area contributed by atoms with E-state index in [4.69, 9.17) is 4.42 Å². The summed E-state index contributed by atoms with van der Waals surface area (Å²) in [4.78, 5) is 14.1. The third-order valence-electron chi connectivity index (χ3n) is 3.88. The molecule has 2 aromatic rings. The third kappa shape index (κ3) is 3.19. The number of rotatable bonds is 3. The molecule has 0 aromatic carbocycles. The van der Waals surface area contributed by atoms with Crippen molar-refractivity contribution in [1.82, 2.24) is 14.7 Å². The third-order valence-corrected chi connectivity index (χ3v) is 4.74. The molecule has 0 saturated carbocycles. The Balaban J connectivity index is 1.67. The number of likely N-dealkylation sites (tertiary alicyclic amines) is 1. The Morgan fingerprint density at radius 2 is 2.09 bits per heavy atom. The summed E-state index contributed by atoms with van der Waals surface area (Å²) < 4.78 is 44.4. The van der Waals surface area contributed by atoms with Crippen molar-refractivity contribution in [3.05, 3.63) is 28.1 Å². The van der Waals surface area contributed by atoms with Crippen molar-refractivity contribution in [3.8, 4) is 10.8 Å². The first-order chi connectivity index (χ1) is 10.8. The molecular weight excluding hydrogens is 335 g/mol. The van der Waals surface area contributed by atoms with Gasteiger partial charge in [0.05, 0.1) is 4.88 Å². The fourth-order valence-corrected chi connectivity index (χ4v) is 3.08. The minimum Gasteiger partial charge on any atom is -0.387 e. The lowest BCUT2D eigenvalue weighted by Crippen LogP contribution is -2.53. The zero-order chi connectivity index (χ0) is 16.7. The van der Waals surface area contributed by atoms with Gasteiger partial charge in [0.2, 0.25) is 0 Å². The number of thiophene rings is 1. The van der Waals surface area contributed by atoms with Crippen LogP contribution in [0.1, 0.15) is 12.8 Å². The molecule has 0 unspecified atom stereocenters. The van der Waals surface area contributed by atoms with Gasteiger partial charge in [-0.3, -0.25) is 4.90 Å². The molecule has 0 spiro atoms. The molecule has 6 nitrogen and oxygen atoms in total. The number of aliphatic hydroxyl groups is 1. The molecule has 0 aliphatic carbocycles. The topological polar surface area (TPSA) is 71.5 Å². The highest BCUT2D eigenvalue weighted by atomic mass is 32.1. The van der Waals surface area contributed by atoms with Crippen molar-refractivity contribution in [3.63, 3.8) is 0 Å². The summed E-state index contributed by atoms with van der Waals surface area (Å²) in [5, 5.41) is 15.5. The Morgan fingerprint density at radius 3 is 2.65 bits per heavy atom. The highest BCUT2D eigenvalue weighted by molar-refractivity contribution is 7.13. The lowest BCUT2D eigenvalue weighted by Gasteiger charge is -2.38. The zero-order valence-electron chi connectivity index (χ0n) is 11.9. The molecule has 1 N–H and O–H groups in total. The van der Waals surface area contributed by atoms with E-state index >= 15 is 0 Å². The Labute approximate surface area is 132 Å². The predicted octanol–water partition coefficient (Wildman–Crippen LogP) is 1.91. The molecule has 0 atom stereocenters. The number of piperidine rings is 1. The standard InChI is InChI=1S/C13H14F3N3O3S/c14-13(15,16)12(21)3-5-18(6-4-12)8-19-11(20)22-10(17-19)9-2-1-7-23-9/h1-2,7,21H,3-6,8H2. The summed E-state index contributed by atoms with van der Waals surface area (Å²) in [6.07, 6.45) is -5.50. The highest BCUT2D eigenvalue weighted by Crippen LogP contribution is 2.38. The van der Waals surface area contributed by atoms with Crippen LogP contribution in [0.15, 0.2) is 26.7 Å². The van der Waals surface area contributed by atoms with Gasteiger partial charge in [-0.25, -0.2) is 4.79 Å². The van der Waals surface area contributed by atoms with Crippen LogP contribution >= 0.6 is 11.3 Å². The molecule has 2 aromatic heterocycles. The molecule has 3 heterocycles. The number of aromatic nitrogens is 2. The van der Waals surface area contributed by atoms with E-state index in [0.29, 0.717) is 4.88 Å². The van der Waals surface area contributed by atoms with Gasteiger partial charge in [-0.1, -0.05) is 6.07 Å². The number of nitrogens with zero attached hydrogens (tertiary/aromatic N) is 3. The second-order valence-electron chi connectivity index (χ2n) is 5.44. The average molecular weight is 349 g/mol. The van der Waals surface area contributed by atoms with E-state index < -0.39 is 30.4 Å². The molecule has 23 heavy (non-hydrogen) atoms. The van der Waals surface area contributed by atoms with E-state index in [0.717, 1.165) is 4.68 Å². The van der Waals surface area contributed by atoms with E-state index in [2.05, 4.69) is 5.10 Å². The molecule has 10 heteroatoms. The largest absolute Gasteiger partial charge is 0.438 e. The maximum absolute atomic E-state index is 12.8. The van der Waals surface area contributed by atoms with Crippen LogP contribution in [0, 0.1) is 0 Å². The van der Waals surface area contributed by atoms with Crippen molar-refractivity contribution in [2.45, 2.75) is 31.3 Å². The zero-order valence-corrected chi connectivity index (χ0v) is 12.7. The van der Waals surface area contributed by atoms with E-state index in [-0.39, 0.29) is 25.6 Å². The summed E-state index contributed by atoms with van der Waals surface area (Å²) in [7, 11) is 0. The van der Waals surface area contributed by atoms with Crippen molar-refractivity contribution < 1.29 is 22.7 Å². The first-order valence-electron chi connectivity index (χ1n) is 6.92. The summed E-state index contributed by atoms with van der Waals surface area (Å²) in [6.45, 7) is 0.0644. The van der Waals surface area contributed by atoms with Crippen LogP contribution in [0.5, 0.6) is 0 Å². The first-order valence-corrected chi connectivity index (χ1v) is 7.80. The van der Waals surface area contributed by atoms with Crippen LogP contribution in [0.2, 0.25) is 0 Å². The first kappa shape index (κ1) is 16.2. The fourth-order valence-electron chi connectivity index (χ4n) is 2.43. The maximum atomic E-state index is 12.8. The fraction of sp³-hybridized carbons (Fsp3) is 0.538. The number of hydrogen-bond acceptors (Lipinski definition) is 6. The van der Waals surface area contributed by atoms with Gasteiger partial charge in [-0.15, -0.1) is 16.4 Å². The van der Waals surface area contributed by atoms with Gasteiger partial charge in [-0.2, -0.15) is 17.9 Å². The Morgan fingerprint density at radius 1 is 1.39 bits per heavy atom. The van der Waals surface area contributed by atoms with Gasteiger partial charge in [0.25, 0.3) is 5.89 Å². The Hall–Kier alpha value is -1.65. The van der Waals surface area contributed by atoms with Gasteiger partial charge < -0.3 is 9.52 Å². The van der Waals surface area contributed by atoms with Crippen molar-refractivity contribution in [2.75, 3.05) is 13.1 Å². The lowest BCUT2D eigenvalue weighted by molar-refractivity contribution is -0.273. The lowest BCUT2D eigenvalue weighted by atomic mass is 9.91. The molecular formula is C13H14F3N3O3S. The SMILES string of the molecule is O=c1oc(-c2cccs2)nn1CN1CCC(O)(C(F)(F)F)CC1. The average Bonchev–Trinajstić information content (AvgIpc) is 3.11. The van der Waals surface area contributed by atoms with Crippen LogP contribution in [0.4, 0.5) is 13.2 Å². The number of hydrogen-bond donors (Lipinski definition) is 1. The minimum absolute atomic E-state index is 0.0175. The molecule has 0 radical (unpaired) electrons. The summed E-state index contributed by atoms with van der Waals surface area (Å²) in [6, 6.07) is 3.55. The number of alkyl halides is 3. The maximum Gasteiger partial charge on any atom is 0.438 e. The van der Waals surface area contributed by atoms with Crippen LogP contribution in [0.3, 0.4) is 0 Å². The second-order valence-corrected chi connectivity index (χ2v) is 6.39. The van der Waals surface area contributed by atoms with E-state index in [1.807, 2.05) is 5.38 Å². The Bertz CT molecular complexity index is 715. The van der Waals surface area contributed by atoms with Crippen LogP contribution in [-0.4, -0.2) is 44.7 Å². The van der Waals surface area contributed by atoms with Gasteiger partial charge in [0.15, 0.2) is 5.60 Å². The van der Waals surface area contributed by atoms with Crippen LogP contribution in [-0.2, 0) is 6.67 Å². The van der Waals surface area contributed by atoms with Crippen molar-refractivity contribution >= 4 is 11.3 Å². The molecule has 1 saturated heterocycles. The van der Waals surface area contributed by atoms with Gasteiger partial charge >= 0.3 is 11.9 Å². The van der Waals surface area contributed by atoms with Gasteiger partial charge in [0, 0.05) is 13.1 Å². The van der Waals surface area contributed by atoms with Crippen LogP contribution < -0.4 is 5.76 Å². The second kappa shape index (κ2) is 5.77. The molecule has 1 aliphatic rings. The summed E-state index contributed by atoms with van der Waals surface area (Å²) >= 11 is 1.37. The Kier molecular flexibility index (Phi) is 4.07. The van der Waals surface area contributed by atoms with Crippen LogP contribution in [0.25, 0.3) is 10.8 Å². The quantitative estimate of drug-likeness (QED) is 0.917. The normalized spacial score (nSPS) is 19.1. The molecule has 1 fully saturated rings. The minimum atomic E-state index is -4.64. The van der Waals surface area contributed by atoms with Crippen molar-refractivity contribution in [2.24, 2.45) is 0 Å². The monoisotopic (exact) mass is 349 g/mol. The predicted molar refractivity (Wildman–Crippen MR) is 75.9 cm³/mol. The molecule has 3 rings (SSSR count). The smallest absolute Gasteiger partial charge is 0.387 e. The molecule has 0 amide bonds. The van der Waals surface area contributed by atoms with E-state index in [1.165, 1.54) is 11.3 Å². The molecule has 1 aliphatic heterocycles. The van der Waals surface area contributed by atoms with E-state index in [1.54, 1.807) is 17.0 Å². The summed E-state index contributed by atoms with van der Waals surface area (Å²) in [5.74, 6) is -0.473. The van der Waals surface area contributed by atoms with E-state index in [9.17, 15) is 23.1 Å². The van der Waals surface area contributed by atoms with Crippen molar-refractivity contribution in [1.29, 1.82) is 0 Å². The summed E-state index contributed by atoms with van der Waals surface area (Å²) in [5.41, 5.74) is -2.65. The highest BCUT2D eigenvalue weighted by Gasteiger charge is 2.54. The van der Waals surface area contributed by atoms with Gasteiger partial charge in [-0.05, 0) is 24.3 Å². The van der Waals surface area contributed by atoms with Gasteiger partial charge in [0.1, 0.15) is 6.67 Å². The molecule has 126 valence electrons. The number of halogens is 3.